The van der Waals surface area contributed by atoms with Gasteiger partial charge in [0.1, 0.15) is 5.60 Å². The van der Waals surface area contributed by atoms with Gasteiger partial charge in [0.05, 0.1) is 12.0 Å². The molecule has 1 aliphatic heterocycles. The van der Waals surface area contributed by atoms with Crippen molar-refractivity contribution in [3.05, 3.63) is 35.9 Å². The van der Waals surface area contributed by atoms with E-state index in [1.165, 1.54) is 0 Å². The zero-order valence-electron chi connectivity index (χ0n) is 14.8. The zero-order chi connectivity index (χ0) is 18.2. The van der Waals surface area contributed by atoms with Crippen molar-refractivity contribution >= 4 is 17.7 Å². The zero-order valence-corrected chi connectivity index (χ0v) is 14.8. The van der Waals surface area contributed by atoms with Crippen molar-refractivity contribution in [1.82, 2.24) is 0 Å². The van der Waals surface area contributed by atoms with Crippen LogP contribution < -0.4 is 0 Å². The van der Waals surface area contributed by atoms with Gasteiger partial charge in [-0.2, -0.15) is 0 Å². The number of hydrogen-bond donors (Lipinski definition) is 0. The number of ketones is 1. The summed E-state index contributed by atoms with van der Waals surface area (Å²) >= 11 is 0. The number of carbonyl (C=O) groups is 3. The maximum atomic E-state index is 13.3. The Morgan fingerprint density at radius 1 is 1.08 bits per heavy atom. The summed E-state index contributed by atoms with van der Waals surface area (Å²) < 4.78 is 10.7. The lowest BCUT2D eigenvalue weighted by Gasteiger charge is -2.49. The Morgan fingerprint density at radius 2 is 1.67 bits per heavy atom. The van der Waals surface area contributed by atoms with Crippen LogP contribution in [-0.2, 0) is 30.3 Å². The summed E-state index contributed by atoms with van der Waals surface area (Å²) in [6.45, 7) is 8.48. The van der Waals surface area contributed by atoms with E-state index in [4.69, 9.17) is 9.47 Å². The second-order valence-electron chi connectivity index (χ2n) is 7.14. The molecule has 0 aliphatic carbocycles. The molecule has 130 valence electrons. The molecule has 5 heteroatoms. The highest BCUT2D eigenvalue weighted by Crippen LogP contribution is 2.48. The van der Waals surface area contributed by atoms with Crippen LogP contribution in [0.1, 0.15) is 40.2 Å². The smallest absolute Gasteiger partial charge is 0.332 e. The van der Waals surface area contributed by atoms with Crippen LogP contribution in [0, 0.1) is 10.8 Å². The van der Waals surface area contributed by atoms with Gasteiger partial charge in [-0.25, -0.2) is 0 Å². The first-order valence-electron chi connectivity index (χ1n) is 8.09. The molecule has 5 nitrogen and oxygen atoms in total. The van der Waals surface area contributed by atoms with Crippen molar-refractivity contribution in [2.75, 3.05) is 6.61 Å². The second-order valence-corrected chi connectivity index (χ2v) is 7.14. The van der Waals surface area contributed by atoms with Gasteiger partial charge in [-0.3, -0.25) is 14.4 Å². The quantitative estimate of drug-likeness (QED) is 0.626. The fourth-order valence-corrected chi connectivity index (χ4v) is 2.90. The molecule has 1 aliphatic rings. The number of ether oxygens (including phenoxy) is 2. The molecule has 2 rings (SSSR count). The number of cyclic esters (lactones) is 1. The third-order valence-electron chi connectivity index (χ3n) is 5.09. The number of carbonyl (C=O) groups excluding carboxylic acids is 3. The number of hydrogen-bond acceptors (Lipinski definition) is 5. The molecule has 0 radical (unpaired) electrons. The lowest BCUT2D eigenvalue weighted by molar-refractivity contribution is -0.207. The summed E-state index contributed by atoms with van der Waals surface area (Å²) in [5.74, 6) is -2.13. The Labute approximate surface area is 142 Å². The summed E-state index contributed by atoms with van der Waals surface area (Å²) in [5.41, 5.74) is -3.29. The molecule has 0 N–H and O–H groups in total. The first kappa shape index (κ1) is 18.2. The molecule has 0 spiro atoms. The summed E-state index contributed by atoms with van der Waals surface area (Å²) in [6.07, 6.45) is -0.0656. The van der Waals surface area contributed by atoms with E-state index in [0.717, 1.165) is 0 Å². The maximum absolute atomic E-state index is 13.3. The molecular formula is C19H24O5. The molecule has 1 aromatic carbocycles. The SMILES string of the molecule is CCOC(=O)[C@@]1(Cc2ccccc2)C(=O)OC(C)(C)C(C)(C)C1=O. The largest absolute Gasteiger partial charge is 0.465 e. The van der Waals surface area contributed by atoms with E-state index in [9.17, 15) is 14.4 Å². The van der Waals surface area contributed by atoms with Crippen LogP contribution in [0.2, 0.25) is 0 Å². The van der Waals surface area contributed by atoms with Gasteiger partial charge < -0.3 is 9.47 Å². The Bertz CT molecular complexity index is 660. The van der Waals surface area contributed by atoms with E-state index in [2.05, 4.69) is 0 Å². The van der Waals surface area contributed by atoms with Crippen LogP contribution in [-0.4, -0.2) is 29.9 Å². The van der Waals surface area contributed by atoms with Gasteiger partial charge in [0.15, 0.2) is 5.78 Å². The maximum Gasteiger partial charge on any atom is 0.332 e. The molecule has 0 unspecified atom stereocenters. The van der Waals surface area contributed by atoms with E-state index < -0.39 is 34.2 Å². The topological polar surface area (TPSA) is 69.7 Å². The minimum absolute atomic E-state index is 0.0656. The van der Waals surface area contributed by atoms with Crippen molar-refractivity contribution in [1.29, 1.82) is 0 Å². The first-order chi connectivity index (χ1) is 11.1. The average Bonchev–Trinajstić information content (AvgIpc) is 2.51. The molecule has 1 atom stereocenters. The lowest BCUT2D eigenvalue weighted by atomic mass is 9.60. The van der Waals surface area contributed by atoms with Gasteiger partial charge in [0.25, 0.3) is 0 Å². The van der Waals surface area contributed by atoms with Gasteiger partial charge in [-0.15, -0.1) is 0 Å². The van der Waals surface area contributed by atoms with Crippen molar-refractivity contribution in [2.24, 2.45) is 10.8 Å². The summed E-state index contributed by atoms with van der Waals surface area (Å²) in [6, 6.07) is 8.96. The Hall–Kier alpha value is -2.17. The number of rotatable bonds is 4. The highest BCUT2D eigenvalue weighted by molar-refractivity contribution is 6.23. The van der Waals surface area contributed by atoms with E-state index in [1.807, 2.05) is 6.07 Å². The van der Waals surface area contributed by atoms with Gasteiger partial charge in [0, 0.05) is 6.42 Å². The van der Waals surface area contributed by atoms with E-state index >= 15 is 0 Å². The number of Topliss-reactive ketones (excluding diaryl/α,β-unsaturated/α-hetero) is 1. The lowest BCUT2D eigenvalue weighted by Crippen LogP contribution is -2.66. The van der Waals surface area contributed by atoms with Crippen molar-refractivity contribution in [3.63, 3.8) is 0 Å². The molecule has 24 heavy (non-hydrogen) atoms. The minimum atomic E-state index is -1.96. The molecule has 1 saturated heterocycles. The van der Waals surface area contributed by atoms with Crippen LogP contribution in [0.4, 0.5) is 0 Å². The van der Waals surface area contributed by atoms with Crippen molar-refractivity contribution in [2.45, 2.75) is 46.6 Å². The standard InChI is InChI=1S/C19H24O5/c1-6-23-15(21)19(12-13-10-8-7-9-11-13)14(20)17(2,3)18(4,5)24-16(19)22/h7-11H,6,12H2,1-5H3/t19-/m0/s1. The van der Waals surface area contributed by atoms with Gasteiger partial charge in [-0.1, -0.05) is 30.3 Å². The Kier molecular flexibility index (Phi) is 4.57. The summed E-state index contributed by atoms with van der Waals surface area (Å²) in [7, 11) is 0. The van der Waals surface area contributed by atoms with Crippen LogP contribution >= 0.6 is 0 Å². The molecule has 0 saturated carbocycles. The molecule has 1 fully saturated rings. The molecular weight excluding hydrogens is 308 g/mol. The molecule has 0 amide bonds. The second kappa shape index (κ2) is 6.04. The van der Waals surface area contributed by atoms with Crippen LogP contribution in [0.5, 0.6) is 0 Å². The van der Waals surface area contributed by atoms with Crippen LogP contribution in [0.3, 0.4) is 0 Å². The van der Waals surface area contributed by atoms with E-state index in [1.54, 1.807) is 58.9 Å². The first-order valence-corrected chi connectivity index (χ1v) is 8.09. The Morgan fingerprint density at radius 3 is 2.21 bits per heavy atom. The normalized spacial score (nSPS) is 25.0. The minimum Gasteiger partial charge on any atom is -0.465 e. The molecule has 1 aromatic rings. The predicted molar refractivity (Wildman–Crippen MR) is 88.2 cm³/mol. The average molecular weight is 332 g/mol. The highest BCUT2D eigenvalue weighted by atomic mass is 16.6. The third-order valence-corrected chi connectivity index (χ3v) is 5.09. The van der Waals surface area contributed by atoms with Crippen LogP contribution in [0.15, 0.2) is 30.3 Å². The molecule has 0 bridgehead atoms. The predicted octanol–water partition coefficient (Wildman–Crippen LogP) is 2.71. The van der Waals surface area contributed by atoms with Gasteiger partial charge in [-0.05, 0) is 40.2 Å². The fraction of sp³-hybridized carbons (Fsp3) is 0.526. The van der Waals surface area contributed by atoms with Crippen molar-refractivity contribution in [3.8, 4) is 0 Å². The molecule has 0 aromatic heterocycles. The molecule has 1 heterocycles. The summed E-state index contributed by atoms with van der Waals surface area (Å²) in [4.78, 5) is 38.8. The highest BCUT2D eigenvalue weighted by Gasteiger charge is 2.67. The number of esters is 2. The fourth-order valence-electron chi connectivity index (χ4n) is 2.90. The van der Waals surface area contributed by atoms with Gasteiger partial charge in [0.2, 0.25) is 5.41 Å². The van der Waals surface area contributed by atoms with Crippen molar-refractivity contribution < 1.29 is 23.9 Å². The summed E-state index contributed by atoms with van der Waals surface area (Å²) in [5, 5.41) is 0. The van der Waals surface area contributed by atoms with E-state index in [-0.39, 0.29) is 13.0 Å². The monoisotopic (exact) mass is 332 g/mol. The number of benzene rings is 1. The Balaban J connectivity index is 2.59. The van der Waals surface area contributed by atoms with Gasteiger partial charge >= 0.3 is 11.9 Å². The van der Waals surface area contributed by atoms with E-state index in [0.29, 0.717) is 5.56 Å². The van der Waals surface area contributed by atoms with Crippen LogP contribution in [0.25, 0.3) is 0 Å². The third kappa shape index (κ3) is 2.62.